The fourth-order valence-corrected chi connectivity index (χ4v) is 2.98. The second-order valence-electron chi connectivity index (χ2n) is 5.79. The molecule has 2 amide bonds. The summed E-state index contributed by atoms with van der Waals surface area (Å²) in [5, 5.41) is 0.712. The smallest absolute Gasteiger partial charge is 0.409 e. The van der Waals surface area contributed by atoms with E-state index in [0.717, 1.165) is 11.1 Å². The molecule has 0 aliphatic carbocycles. The van der Waals surface area contributed by atoms with E-state index < -0.39 is 0 Å². The number of hydrogen-bond acceptors (Lipinski definition) is 3. The average molecular weight is 333 g/mol. The highest BCUT2D eigenvalue weighted by Gasteiger charge is 2.27. The van der Waals surface area contributed by atoms with Gasteiger partial charge in [-0.15, -0.1) is 0 Å². The maximum Gasteiger partial charge on any atom is 0.409 e. The van der Waals surface area contributed by atoms with Crippen LogP contribution < -0.4 is 0 Å². The fraction of sp³-hybridized carbons (Fsp3) is 0.412. The van der Waals surface area contributed by atoms with Crippen molar-refractivity contribution >= 4 is 22.9 Å². The fourth-order valence-electron chi connectivity index (χ4n) is 2.98. The minimum Gasteiger partial charge on any atom is -0.450 e. The number of H-pyrrole nitrogens is 1. The number of nitrogens with zero attached hydrogens (tertiary/aromatic N) is 2. The van der Waals surface area contributed by atoms with Crippen LogP contribution in [0, 0.1) is 12.7 Å². The van der Waals surface area contributed by atoms with Crippen molar-refractivity contribution < 1.29 is 18.7 Å². The first kappa shape index (κ1) is 16.3. The van der Waals surface area contributed by atoms with Crippen molar-refractivity contribution in [2.75, 3.05) is 32.8 Å². The van der Waals surface area contributed by atoms with E-state index in [1.807, 2.05) is 0 Å². The Balaban J connectivity index is 1.74. The van der Waals surface area contributed by atoms with E-state index in [2.05, 4.69) is 4.98 Å². The summed E-state index contributed by atoms with van der Waals surface area (Å²) < 4.78 is 18.4. The topological polar surface area (TPSA) is 65.6 Å². The molecule has 0 unspecified atom stereocenters. The molecular weight excluding hydrogens is 313 g/mol. The van der Waals surface area contributed by atoms with E-state index in [1.54, 1.807) is 29.7 Å². The van der Waals surface area contributed by atoms with Crippen LogP contribution in [0.4, 0.5) is 9.18 Å². The van der Waals surface area contributed by atoms with Gasteiger partial charge >= 0.3 is 6.09 Å². The number of benzene rings is 1. The number of rotatable bonds is 2. The molecule has 2 heterocycles. The Labute approximate surface area is 139 Å². The van der Waals surface area contributed by atoms with Crippen molar-refractivity contribution in [2.24, 2.45) is 0 Å². The van der Waals surface area contributed by atoms with Gasteiger partial charge in [-0.1, -0.05) is 0 Å². The lowest BCUT2D eigenvalue weighted by Crippen LogP contribution is -2.50. The SMILES string of the molecule is CCOC(=O)N1CCN(C(=O)c2[nH]c3ccc(F)cc3c2C)CC1. The lowest BCUT2D eigenvalue weighted by molar-refractivity contribution is 0.0566. The van der Waals surface area contributed by atoms with E-state index in [-0.39, 0.29) is 17.8 Å². The van der Waals surface area contributed by atoms with Crippen LogP contribution in [-0.2, 0) is 4.74 Å². The van der Waals surface area contributed by atoms with Crippen LogP contribution in [-0.4, -0.2) is 59.6 Å². The van der Waals surface area contributed by atoms with Crippen molar-refractivity contribution in [1.82, 2.24) is 14.8 Å². The highest BCUT2D eigenvalue weighted by atomic mass is 19.1. The maximum atomic E-state index is 13.4. The van der Waals surface area contributed by atoms with Crippen molar-refractivity contribution in [3.05, 3.63) is 35.3 Å². The Bertz CT molecular complexity index is 779. The number of carbonyl (C=O) groups excluding carboxylic acids is 2. The summed E-state index contributed by atoms with van der Waals surface area (Å²) in [5.74, 6) is -0.459. The Kier molecular flexibility index (Phi) is 4.42. The van der Waals surface area contributed by atoms with Gasteiger partial charge in [0.2, 0.25) is 0 Å². The summed E-state index contributed by atoms with van der Waals surface area (Å²) in [5.41, 5.74) is 1.95. The monoisotopic (exact) mass is 333 g/mol. The van der Waals surface area contributed by atoms with E-state index in [9.17, 15) is 14.0 Å². The minimum atomic E-state index is -0.345. The zero-order valence-corrected chi connectivity index (χ0v) is 13.8. The van der Waals surface area contributed by atoms with Gasteiger partial charge in [0.15, 0.2) is 0 Å². The number of aryl methyl sites for hydroxylation is 1. The van der Waals surface area contributed by atoms with Crippen LogP contribution in [0.5, 0.6) is 0 Å². The molecule has 1 aliphatic rings. The summed E-state index contributed by atoms with van der Waals surface area (Å²) in [6.07, 6.45) is -0.345. The maximum absolute atomic E-state index is 13.4. The summed E-state index contributed by atoms with van der Waals surface area (Å²) >= 11 is 0. The molecule has 1 aromatic heterocycles. The van der Waals surface area contributed by atoms with E-state index in [0.29, 0.717) is 43.9 Å². The van der Waals surface area contributed by atoms with Crippen LogP contribution in [0.15, 0.2) is 18.2 Å². The molecular formula is C17H20FN3O3. The summed E-state index contributed by atoms with van der Waals surface area (Å²) in [6, 6.07) is 4.43. The van der Waals surface area contributed by atoms with Gasteiger partial charge in [0.25, 0.3) is 5.91 Å². The highest BCUT2D eigenvalue weighted by molar-refractivity contribution is 6.01. The van der Waals surface area contributed by atoms with E-state index >= 15 is 0 Å². The molecule has 1 saturated heterocycles. The van der Waals surface area contributed by atoms with Gasteiger partial charge in [0.05, 0.1) is 6.61 Å². The second-order valence-corrected chi connectivity index (χ2v) is 5.79. The number of ether oxygens (including phenoxy) is 1. The zero-order chi connectivity index (χ0) is 17.3. The number of halogens is 1. The lowest BCUT2D eigenvalue weighted by atomic mass is 10.1. The third-order valence-corrected chi connectivity index (χ3v) is 4.33. The number of piperazine rings is 1. The number of hydrogen-bond donors (Lipinski definition) is 1. The number of carbonyl (C=O) groups is 2. The predicted octanol–water partition coefficient (Wildman–Crippen LogP) is 2.53. The molecule has 3 rings (SSSR count). The van der Waals surface area contributed by atoms with Crippen LogP contribution in [0.1, 0.15) is 23.0 Å². The molecule has 0 saturated carbocycles. The van der Waals surface area contributed by atoms with Gasteiger partial charge in [-0.3, -0.25) is 4.79 Å². The molecule has 1 aromatic carbocycles. The van der Waals surface area contributed by atoms with Crippen LogP contribution in [0.25, 0.3) is 10.9 Å². The van der Waals surface area contributed by atoms with Crippen molar-refractivity contribution in [3.8, 4) is 0 Å². The average Bonchev–Trinajstić information content (AvgIpc) is 2.91. The first-order chi connectivity index (χ1) is 11.5. The van der Waals surface area contributed by atoms with Crippen molar-refractivity contribution in [1.29, 1.82) is 0 Å². The number of amides is 2. The standard InChI is InChI=1S/C17H20FN3O3/c1-3-24-17(23)21-8-6-20(7-9-21)16(22)15-11(2)13-10-12(18)4-5-14(13)19-15/h4-5,10,19H,3,6-9H2,1-2H3. The molecule has 7 heteroatoms. The Morgan fingerprint density at radius 1 is 1.21 bits per heavy atom. The molecule has 0 atom stereocenters. The van der Waals surface area contributed by atoms with Crippen molar-refractivity contribution in [2.45, 2.75) is 13.8 Å². The number of fused-ring (bicyclic) bond motifs is 1. The van der Waals surface area contributed by atoms with E-state index in [1.165, 1.54) is 12.1 Å². The number of aromatic nitrogens is 1. The molecule has 24 heavy (non-hydrogen) atoms. The Morgan fingerprint density at radius 3 is 2.54 bits per heavy atom. The molecule has 0 bridgehead atoms. The normalized spacial score (nSPS) is 15.0. The Morgan fingerprint density at radius 2 is 1.88 bits per heavy atom. The minimum absolute atomic E-state index is 0.132. The van der Waals surface area contributed by atoms with Gasteiger partial charge < -0.3 is 19.5 Å². The molecule has 1 N–H and O–H groups in total. The summed E-state index contributed by atoms with van der Waals surface area (Å²) in [7, 11) is 0. The summed E-state index contributed by atoms with van der Waals surface area (Å²) in [4.78, 5) is 30.8. The molecule has 2 aromatic rings. The first-order valence-electron chi connectivity index (χ1n) is 8.00. The van der Waals surface area contributed by atoms with Crippen LogP contribution >= 0.6 is 0 Å². The third kappa shape index (κ3) is 2.93. The molecule has 1 fully saturated rings. The molecule has 128 valence electrons. The lowest BCUT2D eigenvalue weighted by Gasteiger charge is -2.33. The quantitative estimate of drug-likeness (QED) is 0.918. The highest BCUT2D eigenvalue weighted by Crippen LogP contribution is 2.24. The van der Waals surface area contributed by atoms with Crippen molar-refractivity contribution in [3.63, 3.8) is 0 Å². The first-order valence-corrected chi connectivity index (χ1v) is 8.00. The molecule has 1 aliphatic heterocycles. The number of aromatic amines is 1. The molecule has 6 nitrogen and oxygen atoms in total. The van der Waals surface area contributed by atoms with Gasteiger partial charge in [-0.05, 0) is 37.6 Å². The Hall–Kier alpha value is -2.57. The zero-order valence-electron chi connectivity index (χ0n) is 13.8. The van der Waals surface area contributed by atoms with Gasteiger partial charge in [-0.2, -0.15) is 0 Å². The van der Waals surface area contributed by atoms with Gasteiger partial charge in [0, 0.05) is 37.1 Å². The van der Waals surface area contributed by atoms with Gasteiger partial charge in [-0.25, -0.2) is 9.18 Å². The predicted molar refractivity (Wildman–Crippen MR) is 87.5 cm³/mol. The van der Waals surface area contributed by atoms with Crippen LogP contribution in [0.2, 0.25) is 0 Å². The van der Waals surface area contributed by atoms with Crippen LogP contribution in [0.3, 0.4) is 0 Å². The number of nitrogens with one attached hydrogen (secondary N) is 1. The molecule has 0 spiro atoms. The van der Waals surface area contributed by atoms with Gasteiger partial charge in [0.1, 0.15) is 11.5 Å². The van der Waals surface area contributed by atoms with E-state index in [4.69, 9.17) is 4.74 Å². The summed E-state index contributed by atoms with van der Waals surface area (Å²) in [6.45, 7) is 5.68. The third-order valence-electron chi connectivity index (χ3n) is 4.33. The second kappa shape index (κ2) is 6.51. The largest absolute Gasteiger partial charge is 0.450 e. The molecule has 0 radical (unpaired) electrons.